The highest BCUT2D eigenvalue weighted by Gasteiger charge is 2.13. The third-order valence-corrected chi connectivity index (χ3v) is 2.31. The Balaban J connectivity index is 2.62. The zero-order valence-corrected chi connectivity index (χ0v) is 8.52. The number of halogens is 1. The van der Waals surface area contributed by atoms with Gasteiger partial charge in [-0.25, -0.2) is 0 Å². The summed E-state index contributed by atoms with van der Waals surface area (Å²) in [6.07, 6.45) is 5.17. The van der Waals surface area contributed by atoms with Crippen molar-refractivity contribution >= 4 is 15.9 Å². The first kappa shape index (κ1) is 8.85. The summed E-state index contributed by atoms with van der Waals surface area (Å²) in [5.41, 5.74) is 0. The summed E-state index contributed by atoms with van der Waals surface area (Å²) in [6, 6.07) is 0. The summed E-state index contributed by atoms with van der Waals surface area (Å²) in [7, 11) is 0. The van der Waals surface area contributed by atoms with E-state index < -0.39 is 0 Å². The SMILES string of the molecule is CCOC1=CC=C(Br)CC1C. The van der Waals surface area contributed by atoms with E-state index in [0.29, 0.717) is 5.92 Å². The highest BCUT2D eigenvalue weighted by Crippen LogP contribution is 2.28. The lowest BCUT2D eigenvalue weighted by Gasteiger charge is -2.18. The standard InChI is InChI=1S/C9H13BrO/c1-3-11-9-5-4-8(10)6-7(9)2/h4-5,7H,3,6H2,1-2H3. The van der Waals surface area contributed by atoms with Crippen LogP contribution in [0.25, 0.3) is 0 Å². The second-order valence-electron chi connectivity index (χ2n) is 2.72. The number of ether oxygens (including phenoxy) is 1. The van der Waals surface area contributed by atoms with Crippen molar-refractivity contribution in [3.8, 4) is 0 Å². The molecule has 11 heavy (non-hydrogen) atoms. The van der Waals surface area contributed by atoms with E-state index in [1.54, 1.807) is 0 Å². The van der Waals surface area contributed by atoms with Crippen molar-refractivity contribution in [2.75, 3.05) is 6.61 Å². The summed E-state index contributed by atoms with van der Waals surface area (Å²) >= 11 is 3.47. The maximum absolute atomic E-state index is 5.44. The van der Waals surface area contributed by atoms with Crippen LogP contribution in [0.15, 0.2) is 22.4 Å². The molecule has 1 aliphatic carbocycles. The first-order chi connectivity index (χ1) is 5.24. The molecule has 1 unspecified atom stereocenters. The normalized spacial score (nSPS) is 24.1. The van der Waals surface area contributed by atoms with Gasteiger partial charge in [-0.05, 0) is 30.0 Å². The van der Waals surface area contributed by atoms with Crippen molar-refractivity contribution in [2.24, 2.45) is 5.92 Å². The van der Waals surface area contributed by atoms with E-state index in [2.05, 4.69) is 28.9 Å². The summed E-state index contributed by atoms with van der Waals surface area (Å²) in [6.45, 7) is 4.96. The van der Waals surface area contributed by atoms with Gasteiger partial charge in [0.1, 0.15) is 0 Å². The molecule has 0 saturated heterocycles. The predicted molar refractivity (Wildman–Crippen MR) is 50.5 cm³/mol. The fraction of sp³-hybridized carbons (Fsp3) is 0.556. The predicted octanol–water partition coefficient (Wildman–Crippen LogP) is 3.23. The lowest BCUT2D eigenvalue weighted by molar-refractivity contribution is 0.194. The van der Waals surface area contributed by atoms with Crippen molar-refractivity contribution in [1.82, 2.24) is 0 Å². The van der Waals surface area contributed by atoms with Crippen LogP contribution < -0.4 is 0 Å². The van der Waals surface area contributed by atoms with Gasteiger partial charge in [-0.3, -0.25) is 0 Å². The molecule has 0 aromatic carbocycles. The molecule has 0 aliphatic heterocycles. The van der Waals surface area contributed by atoms with Gasteiger partial charge in [-0.15, -0.1) is 0 Å². The van der Waals surface area contributed by atoms with Crippen molar-refractivity contribution < 1.29 is 4.74 Å². The van der Waals surface area contributed by atoms with Gasteiger partial charge in [0.05, 0.1) is 12.4 Å². The molecule has 1 atom stereocenters. The average molecular weight is 217 g/mol. The molecule has 0 saturated carbocycles. The first-order valence-electron chi connectivity index (χ1n) is 3.93. The van der Waals surface area contributed by atoms with Gasteiger partial charge in [0.25, 0.3) is 0 Å². The Morgan fingerprint density at radius 2 is 2.36 bits per heavy atom. The molecule has 2 heteroatoms. The number of allylic oxidation sites excluding steroid dienone is 4. The lowest BCUT2D eigenvalue weighted by Crippen LogP contribution is -2.06. The van der Waals surface area contributed by atoms with Crippen LogP contribution in [0.4, 0.5) is 0 Å². The Bertz CT molecular complexity index is 194. The van der Waals surface area contributed by atoms with Crippen LogP contribution in [0.1, 0.15) is 20.3 Å². The fourth-order valence-electron chi connectivity index (χ4n) is 1.15. The monoisotopic (exact) mass is 216 g/mol. The molecule has 0 radical (unpaired) electrons. The zero-order valence-electron chi connectivity index (χ0n) is 6.93. The van der Waals surface area contributed by atoms with E-state index in [1.807, 2.05) is 13.0 Å². The third-order valence-electron chi connectivity index (χ3n) is 1.73. The Kier molecular flexibility index (Phi) is 3.18. The van der Waals surface area contributed by atoms with E-state index in [0.717, 1.165) is 18.8 Å². The van der Waals surface area contributed by atoms with E-state index >= 15 is 0 Å². The van der Waals surface area contributed by atoms with Crippen LogP contribution in [0.3, 0.4) is 0 Å². The molecule has 0 fully saturated rings. The number of hydrogen-bond donors (Lipinski definition) is 0. The molecule has 0 N–H and O–H groups in total. The Morgan fingerprint density at radius 3 is 2.91 bits per heavy atom. The highest BCUT2D eigenvalue weighted by atomic mass is 79.9. The van der Waals surface area contributed by atoms with Gasteiger partial charge >= 0.3 is 0 Å². The minimum atomic E-state index is 0.523. The molecule has 0 aromatic heterocycles. The highest BCUT2D eigenvalue weighted by molar-refractivity contribution is 9.11. The van der Waals surface area contributed by atoms with E-state index in [-0.39, 0.29) is 0 Å². The van der Waals surface area contributed by atoms with E-state index in [9.17, 15) is 0 Å². The molecular formula is C9H13BrO. The van der Waals surface area contributed by atoms with Gasteiger partial charge in [0.15, 0.2) is 0 Å². The molecule has 0 bridgehead atoms. The van der Waals surface area contributed by atoms with Crippen LogP contribution in [0.5, 0.6) is 0 Å². The van der Waals surface area contributed by atoms with E-state index in [4.69, 9.17) is 4.74 Å². The maximum Gasteiger partial charge on any atom is 0.0991 e. The van der Waals surface area contributed by atoms with Gasteiger partial charge in [0.2, 0.25) is 0 Å². The van der Waals surface area contributed by atoms with Gasteiger partial charge in [-0.1, -0.05) is 22.9 Å². The minimum absolute atomic E-state index is 0.523. The quantitative estimate of drug-likeness (QED) is 0.689. The molecule has 0 heterocycles. The summed E-state index contributed by atoms with van der Waals surface area (Å²) in [5.74, 6) is 1.63. The Morgan fingerprint density at radius 1 is 1.64 bits per heavy atom. The summed E-state index contributed by atoms with van der Waals surface area (Å²) in [4.78, 5) is 0. The van der Waals surface area contributed by atoms with Crippen LogP contribution in [0.2, 0.25) is 0 Å². The van der Waals surface area contributed by atoms with Gasteiger partial charge < -0.3 is 4.74 Å². The summed E-state index contributed by atoms with van der Waals surface area (Å²) < 4.78 is 6.70. The first-order valence-corrected chi connectivity index (χ1v) is 4.72. The van der Waals surface area contributed by atoms with E-state index in [1.165, 1.54) is 4.48 Å². The largest absolute Gasteiger partial charge is 0.498 e. The Labute approximate surface area is 76.3 Å². The zero-order chi connectivity index (χ0) is 8.27. The minimum Gasteiger partial charge on any atom is -0.498 e. The molecule has 0 aromatic rings. The molecule has 0 amide bonds. The van der Waals surface area contributed by atoms with Crippen LogP contribution in [-0.2, 0) is 4.74 Å². The van der Waals surface area contributed by atoms with Crippen molar-refractivity contribution in [2.45, 2.75) is 20.3 Å². The molecule has 0 spiro atoms. The average Bonchev–Trinajstić information content (AvgIpc) is 1.95. The Hall–Kier alpha value is -0.240. The molecule has 1 rings (SSSR count). The molecule has 1 aliphatic rings. The summed E-state index contributed by atoms with van der Waals surface area (Å²) in [5, 5.41) is 0. The van der Waals surface area contributed by atoms with Crippen molar-refractivity contribution in [1.29, 1.82) is 0 Å². The lowest BCUT2D eigenvalue weighted by atomic mass is 10.0. The van der Waals surface area contributed by atoms with Crippen LogP contribution >= 0.6 is 15.9 Å². The molecule has 1 nitrogen and oxygen atoms in total. The topological polar surface area (TPSA) is 9.23 Å². The fourth-order valence-corrected chi connectivity index (χ4v) is 1.77. The number of rotatable bonds is 2. The molecule has 62 valence electrons. The number of hydrogen-bond acceptors (Lipinski definition) is 1. The van der Waals surface area contributed by atoms with Crippen LogP contribution in [-0.4, -0.2) is 6.61 Å². The van der Waals surface area contributed by atoms with Gasteiger partial charge in [-0.2, -0.15) is 0 Å². The second-order valence-corrected chi connectivity index (χ2v) is 3.74. The van der Waals surface area contributed by atoms with Crippen molar-refractivity contribution in [3.63, 3.8) is 0 Å². The molecular weight excluding hydrogens is 204 g/mol. The van der Waals surface area contributed by atoms with Gasteiger partial charge in [0, 0.05) is 5.92 Å². The van der Waals surface area contributed by atoms with Crippen molar-refractivity contribution in [3.05, 3.63) is 22.4 Å². The third kappa shape index (κ3) is 2.37. The maximum atomic E-state index is 5.44. The smallest absolute Gasteiger partial charge is 0.0991 e. The second kappa shape index (κ2) is 3.96. The van der Waals surface area contributed by atoms with Crippen LogP contribution in [0, 0.1) is 5.92 Å².